The lowest BCUT2D eigenvalue weighted by Crippen LogP contribution is -2.52. The van der Waals surface area contributed by atoms with E-state index in [-0.39, 0.29) is 19.5 Å². The molecule has 0 aromatic heterocycles. The van der Waals surface area contributed by atoms with Crippen molar-refractivity contribution in [1.29, 1.82) is 0 Å². The van der Waals surface area contributed by atoms with Crippen LogP contribution in [0.5, 0.6) is 0 Å². The molecule has 4 N–H and O–H groups in total. The Balaban J connectivity index is 0.00000578. The summed E-state index contributed by atoms with van der Waals surface area (Å²) in [5.41, 5.74) is 2.53. The number of hydrogen-bond acceptors (Lipinski definition) is 5. The number of carbonyl (C=O) groups is 3. The van der Waals surface area contributed by atoms with E-state index in [2.05, 4.69) is 34.3 Å². The Hall–Kier alpha value is -4.27. The van der Waals surface area contributed by atoms with Crippen molar-refractivity contribution in [3.8, 4) is 23.7 Å². The summed E-state index contributed by atoms with van der Waals surface area (Å²) < 4.78 is 5.09. The lowest BCUT2D eigenvalue weighted by atomic mass is 10.1. The molecule has 8 nitrogen and oxygen atoms in total. The third-order valence-corrected chi connectivity index (χ3v) is 3.98. The molecule has 34 heavy (non-hydrogen) atoms. The predicted octanol–water partition coefficient (Wildman–Crippen LogP) is 2.85. The van der Waals surface area contributed by atoms with Crippen LogP contribution in [0.3, 0.4) is 0 Å². The molecule has 178 valence electrons. The molecule has 2 aromatic rings. The van der Waals surface area contributed by atoms with Gasteiger partial charge in [0.15, 0.2) is 0 Å². The van der Waals surface area contributed by atoms with E-state index < -0.39 is 29.6 Å². The summed E-state index contributed by atoms with van der Waals surface area (Å²) in [5, 5.41) is 13.8. The molecule has 3 amide bonds. The Morgan fingerprint density at radius 2 is 1.50 bits per heavy atom. The number of carbonyl (C=O) groups excluding carboxylic acids is 3. The molecule has 0 saturated heterocycles. The van der Waals surface area contributed by atoms with E-state index in [4.69, 9.17) is 9.94 Å². The van der Waals surface area contributed by atoms with Crippen molar-refractivity contribution in [2.75, 3.05) is 6.54 Å². The highest BCUT2D eigenvalue weighted by atomic mass is 16.6. The number of amides is 3. The molecule has 0 bridgehead atoms. The van der Waals surface area contributed by atoms with Crippen LogP contribution < -0.4 is 16.1 Å². The third kappa shape index (κ3) is 9.90. The molecule has 0 aliphatic carbocycles. The first-order valence-corrected chi connectivity index (χ1v) is 10.1. The summed E-state index contributed by atoms with van der Waals surface area (Å²) in [4.78, 5) is 36.2. The van der Waals surface area contributed by atoms with Gasteiger partial charge in [0, 0.05) is 16.7 Å². The maximum Gasteiger partial charge on any atom is 0.407 e. The third-order valence-electron chi connectivity index (χ3n) is 3.98. The molecule has 8 heteroatoms. The largest absolute Gasteiger partial charge is 0.444 e. The van der Waals surface area contributed by atoms with E-state index in [1.54, 1.807) is 45.0 Å². The molecule has 0 saturated carbocycles. The maximum atomic E-state index is 12.5. The van der Waals surface area contributed by atoms with E-state index >= 15 is 0 Å². The molecular weight excluding hydrogens is 434 g/mol. The Morgan fingerprint density at radius 1 is 0.941 bits per heavy atom. The summed E-state index contributed by atoms with van der Waals surface area (Å²) in [5.74, 6) is 9.87. The molecule has 1 atom stereocenters. The highest BCUT2D eigenvalue weighted by molar-refractivity contribution is 5.97. The number of ether oxygens (including phenoxy) is 1. The van der Waals surface area contributed by atoms with Crippen molar-refractivity contribution in [2.24, 2.45) is 0 Å². The quantitative estimate of drug-likeness (QED) is 0.309. The molecular formula is C26H29N3O5. The number of hydrogen-bond donors (Lipinski definition) is 4. The molecule has 0 aliphatic rings. The van der Waals surface area contributed by atoms with Crippen molar-refractivity contribution in [2.45, 2.75) is 39.8 Å². The minimum absolute atomic E-state index is 0. The van der Waals surface area contributed by atoms with Gasteiger partial charge < -0.3 is 15.4 Å². The van der Waals surface area contributed by atoms with Crippen LogP contribution >= 0.6 is 0 Å². The molecule has 0 radical (unpaired) electrons. The Morgan fingerprint density at radius 3 is 2.03 bits per heavy atom. The summed E-state index contributed by atoms with van der Waals surface area (Å²) >= 11 is 0. The van der Waals surface area contributed by atoms with Gasteiger partial charge in [0.1, 0.15) is 11.6 Å². The van der Waals surface area contributed by atoms with Crippen LogP contribution in [0.4, 0.5) is 4.79 Å². The van der Waals surface area contributed by atoms with Crippen LogP contribution in [-0.2, 0) is 9.53 Å². The van der Waals surface area contributed by atoms with Gasteiger partial charge in [0.25, 0.3) is 11.8 Å². The van der Waals surface area contributed by atoms with Crippen molar-refractivity contribution in [3.05, 3.63) is 71.3 Å². The zero-order valence-electron chi connectivity index (χ0n) is 18.6. The van der Waals surface area contributed by atoms with Crippen LogP contribution in [0.1, 0.15) is 49.7 Å². The second-order valence-electron chi connectivity index (χ2n) is 7.83. The van der Waals surface area contributed by atoms with Crippen LogP contribution in [0.2, 0.25) is 0 Å². The number of hydroxylamine groups is 1. The average molecular weight is 464 g/mol. The number of alkyl carbamates (subject to hydrolysis) is 1. The molecule has 2 aromatic carbocycles. The zero-order chi connectivity index (χ0) is 24.3. The van der Waals surface area contributed by atoms with E-state index in [0.717, 1.165) is 5.56 Å². The molecule has 0 fully saturated rings. The van der Waals surface area contributed by atoms with Gasteiger partial charge >= 0.3 is 6.09 Å². The lowest BCUT2D eigenvalue weighted by Gasteiger charge is -2.21. The first-order valence-electron chi connectivity index (χ1n) is 10.1. The fraction of sp³-hybridized carbons (Fsp3) is 0.269. The monoisotopic (exact) mass is 463 g/mol. The van der Waals surface area contributed by atoms with Gasteiger partial charge in [-0.1, -0.05) is 37.5 Å². The van der Waals surface area contributed by atoms with Gasteiger partial charge in [-0.05, 0) is 69.0 Å². The maximum absolute atomic E-state index is 12.5. The SMILES string of the molecule is C.CC(C)(C)OC(=O)NC[C@H](NC(=O)c1ccc(C#CC#Cc2ccccc2)cc1)C(=O)NO. The van der Waals surface area contributed by atoms with Crippen LogP contribution in [0.15, 0.2) is 54.6 Å². The Kier molecular flexibility index (Phi) is 10.9. The van der Waals surface area contributed by atoms with Crippen LogP contribution in [0, 0.1) is 23.7 Å². The summed E-state index contributed by atoms with van der Waals surface area (Å²) in [6.45, 7) is 4.79. The highest BCUT2D eigenvalue weighted by Crippen LogP contribution is 2.07. The first-order chi connectivity index (χ1) is 15.7. The molecule has 0 unspecified atom stereocenters. The Bertz CT molecular complexity index is 1100. The summed E-state index contributed by atoms with van der Waals surface area (Å²) in [6.07, 6.45) is -0.759. The van der Waals surface area contributed by atoms with E-state index in [0.29, 0.717) is 5.56 Å². The second-order valence-corrected chi connectivity index (χ2v) is 7.83. The molecule has 0 aliphatic heterocycles. The van der Waals surface area contributed by atoms with Crippen molar-refractivity contribution >= 4 is 17.9 Å². The van der Waals surface area contributed by atoms with Gasteiger partial charge in [0.2, 0.25) is 0 Å². The minimum Gasteiger partial charge on any atom is -0.444 e. The number of benzene rings is 2. The summed E-state index contributed by atoms with van der Waals surface area (Å²) in [7, 11) is 0. The van der Waals surface area contributed by atoms with Gasteiger partial charge in [0.05, 0.1) is 6.54 Å². The Labute approximate surface area is 200 Å². The van der Waals surface area contributed by atoms with E-state index in [9.17, 15) is 14.4 Å². The van der Waals surface area contributed by atoms with Crippen molar-refractivity contribution < 1.29 is 24.3 Å². The fourth-order valence-corrected chi connectivity index (χ4v) is 2.46. The molecule has 2 rings (SSSR count). The normalized spacial score (nSPS) is 10.6. The van der Waals surface area contributed by atoms with E-state index in [1.165, 1.54) is 5.48 Å². The first kappa shape index (κ1) is 27.8. The van der Waals surface area contributed by atoms with Gasteiger partial charge in [-0.15, -0.1) is 0 Å². The minimum atomic E-state index is -1.22. The van der Waals surface area contributed by atoms with Crippen molar-refractivity contribution in [3.63, 3.8) is 0 Å². The zero-order valence-corrected chi connectivity index (χ0v) is 18.6. The lowest BCUT2D eigenvalue weighted by molar-refractivity contribution is -0.131. The standard InChI is InChI=1S/C25H25N3O5.CH4/c1-25(2,3)33-24(31)26-17-21(23(30)28-32)27-22(29)20-15-13-19(14-16-20)12-8-7-11-18-9-5-4-6-10-18;/h4-6,9-10,13-16,21,32H,17H2,1-3H3,(H,26,31)(H,27,29)(H,28,30);1H4/t21-;/m0./s1. The topological polar surface area (TPSA) is 117 Å². The van der Waals surface area contributed by atoms with E-state index in [1.807, 2.05) is 30.3 Å². The smallest absolute Gasteiger partial charge is 0.407 e. The van der Waals surface area contributed by atoms with Gasteiger partial charge in [-0.3, -0.25) is 14.8 Å². The second kappa shape index (κ2) is 13.3. The number of nitrogens with one attached hydrogen (secondary N) is 3. The predicted molar refractivity (Wildman–Crippen MR) is 129 cm³/mol. The molecule has 0 spiro atoms. The molecule has 0 heterocycles. The van der Waals surface area contributed by atoms with Crippen LogP contribution in [0.25, 0.3) is 0 Å². The summed E-state index contributed by atoms with van der Waals surface area (Å²) in [6, 6.07) is 14.6. The van der Waals surface area contributed by atoms with Crippen molar-refractivity contribution in [1.82, 2.24) is 16.1 Å². The van der Waals surface area contributed by atoms with Gasteiger partial charge in [-0.2, -0.15) is 0 Å². The number of rotatable bonds is 5. The fourth-order valence-electron chi connectivity index (χ4n) is 2.46. The highest BCUT2D eigenvalue weighted by Gasteiger charge is 2.23. The van der Waals surface area contributed by atoms with Crippen LogP contribution in [-0.4, -0.2) is 41.3 Å². The van der Waals surface area contributed by atoms with Gasteiger partial charge in [-0.25, -0.2) is 10.3 Å². The average Bonchev–Trinajstić information content (AvgIpc) is 2.78.